The van der Waals surface area contributed by atoms with Crippen molar-refractivity contribution in [3.63, 3.8) is 0 Å². The average Bonchev–Trinajstić information content (AvgIpc) is 2.02. The SMILES string of the molecule is CC(N)C(N1CCCCC1)C(F)(F)F. The summed E-state index contributed by atoms with van der Waals surface area (Å²) in [7, 11) is 0. The summed E-state index contributed by atoms with van der Waals surface area (Å²) in [4.78, 5) is 1.47. The van der Waals surface area contributed by atoms with Crippen molar-refractivity contribution in [3.8, 4) is 0 Å². The highest BCUT2D eigenvalue weighted by Crippen LogP contribution is 2.28. The van der Waals surface area contributed by atoms with Gasteiger partial charge in [-0.2, -0.15) is 13.2 Å². The van der Waals surface area contributed by atoms with Crippen LogP contribution in [0.3, 0.4) is 0 Å². The van der Waals surface area contributed by atoms with E-state index in [0.717, 1.165) is 19.3 Å². The number of alkyl halides is 3. The standard InChI is InChI=1S/C9H17F3N2/c1-7(13)8(9(10,11)12)14-5-3-2-4-6-14/h7-8H,2-6,13H2,1H3. The molecule has 0 saturated carbocycles. The summed E-state index contributed by atoms with van der Waals surface area (Å²) >= 11 is 0. The number of hydrogen-bond acceptors (Lipinski definition) is 2. The van der Waals surface area contributed by atoms with Crippen LogP contribution in [0.25, 0.3) is 0 Å². The maximum atomic E-state index is 12.6. The largest absolute Gasteiger partial charge is 0.405 e. The van der Waals surface area contributed by atoms with Crippen LogP contribution in [-0.2, 0) is 0 Å². The van der Waals surface area contributed by atoms with Crippen LogP contribution >= 0.6 is 0 Å². The fraction of sp³-hybridized carbons (Fsp3) is 1.00. The number of rotatable bonds is 2. The fourth-order valence-corrected chi connectivity index (χ4v) is 2.03. The zero-order chi connectivity index (χ0) is 10.8. The van der Waals surface area contributed by atoms with Crippen molar-refractivity contribution in [2.75, 3.05) is 13.1 Å². The van der Waals surface area contributed by atoms with E-state index in [2.05, 4.69) is 0 Å². The molecule has 5 heteroatoms. The lowest BCUT2D eigenvalue weighted by molar-refractivity contribution is -0.190. The average molecular weight is 210 g/mol. The van der Waals surface area contributed by atoms with Crippen LogP contribution in [0.4, 0.5) is 13.2 Å². The predicted molar refractivity (Wildman–Crippen MR) is 48.9 cm³/mol. The zero-order valence-corrected chi connectivity index (χ0v) is 8.35. The van der Waals surface area contributed by atoms with Crippen molar-refractivity contribution in [2.45, 2.75) is 44.4 Å². The highest BCUT2D eigenvalue weighted by molar-refractivity contribution is 4.86. The van der Waals surface area contributed by atoms with Crippen LogP contribution in [0.2, 0.25) is 0 Å². The molecule has 0 aromatic heterocycles. The van der Waals surface area contributed by atoms with Crippen LogP contribution in [0, 0.1) is 0 Å². The first-order valence-corrected chi connectivity index (χ1v) is 4.99. The second-order valence-corrected chi connectivity index (χ2v) is 3.94. The third-order valence-electron chi connectivity index (χ3n) is 2.62. The van der Waals surface area contributed by atoms with Crippen molar-refractivity contribution in [2.24, 2.45) is 5.73 Å². The van der Waals surface area contributed by atoms with Gasteiger partial charge in [-0.1, -0.05) is 6.42 Å². The van der Waals surface area contributed by atoms with Crippen LogP contribution < -0.4 is 5.73 Å². The van der Waals surface area contributed by atoms with Gasteiger partial charge in [-0.25, -0.2) is 0 Å². The van der Waals surface area contributed by atoms with Crippen molar-refractivity contribution in [3.05, 3.63) is 0 Å². The van der Waals surface area contributed by atoms with Gasteiger partial charge in [-0.15, -0.1) is 0 Å². The third-order valence-corrected chi connectivity index (χ3v) is 2.62. The normalized spacial score (nSPS) is 24.6. The van der Waals surface area contributed by atoms with E-state index in [9.17, 15) is 13.2 Å². The zero-order valence-electron chi connectivity index (χ0n) is 8.35. The Kier molecular flexibility index (Phi) is 3.78. The summed E-state index contributed by atoms with van der Waals surface area (Å²) in [5.41, 5.74) is 5.39. The summed E-state index contributed by atoms with van der Waals surface area (Å²) in [6.45, 7) is 2.46. The molecule has 2 unspecified atom stereocenters. The Morgan fingerprint density at radius 1 is 1.14 bits per heavy atom. The monoisotopic (exact) mass is 210 g/mol. The molecule has 1 fully saturated rings. The number of likely N-dealkylation sites (tertiary alicyclic amines) is 1. The number of nitrogens with two attached hydrogens (primary N) is 1. The van der Waals surface area contributed by atoms with Crippen molar-refractivity contribution < 1.29 is 13.2 Å². The minimum Gasteiger partial charge on any atom is -0.326 e. The highest BCUT2D eigenvalue weighted by atomic mass is 19.4. The first-order chi connectivity index (χ1) is 6.43. The lowest BCUT2D eigenvalue weighted by Crippen LogP contribution is -2.56. The second-order valence-electron chi connectivity index (χ2n) is 3.94. The van der Waals surface area contributed by atoms with Crippen LogP contribution in [-0.4, -0.2) is 36.2 Å². The third kappa shape index (κ3) is 2.85. The molecule has 0 aliphatic carbocycles. The molecule has 1 rings (SSSR count). The molecule has 84 valence electrons. The van der Waals surface area contributed by atoms with Gasteiger partial charge in [0.1, 0.15) is 6.04 Å². The lowest BCUT2D eigenvalue weighted by Gasteiger charge is -2.37. The molecule has 1 saturated heterocycles. The Hall–Kier alpha value is -0.290. The smallest absolute Gasteiger partial charge is 0.326 e. The van der Waals surface area contributed by atoms with Crippen molar-refractivity contribution in [1.29, 1.82) is 0 Å². The molecule has 0 bridgehead atoms. The first-order valence-electron chi connectivity index (χ1n) is 4.99. The molecule has 0 radical (unpaired) electrons. The van der Waals surface area contributed by atoms with Gasteiger partial charge in [0.2, 0.25) is 0 Å². The van der Waals surface area contributed by atoms with E-state index in [4.69, 9.17) is 5.73 Å². The number of nitrogens with zero attached hydrogens (tertiary/aromatic N) is 1. The first kappa shape index (κ1) is 11.8. The summed E-state index contributed by atoms with van der Waals surface area (Å²) < 4.78 is 37.9. The summed E-state index contributed by atoms with van der Waals surface area (Å²) in [6, 6.07) is -2.32. The minimum absolute atomic E-state index is 0.520. The molecule has 1 aliphatic rings. The van der Waals surface area contributed by atoms with Gasteiger partial charge in [-0.05, 0) is 32.9 Å². The van der Waals surface area contributed by atoms with Gasteiger partial charge in [0, 0.05) is 6.04 Å². The Morgan fingerprint density at radius 2 is 1.64 bits per heavy atom. The second kappa shape index (κ2) is 4.49. The van der Waals surface area contributed by atoms with Crippen LogP contribution in [0.1, 0.15) is 26.2 Å². The molecular formula is C9H17F3N2. The van der Waals surface area contributed by atoms with Crippen molar-refractivity contribution >= 4 is 0 Å². The van der Waals surface area contributed by atoms with Gasteiger partial charge in [0.05, 0.1) is 0 Å². The fourth-order valence-electron chi connectivity index (χ4n) is 2.03. The lowest BCUT2D eigenvalue weighted by atomic mass is 10.0. The number of hydrogen-bond donors (Lipinski definition) is 1. The molecule has 1 heterocycles. The van der Waals surface area contributed by atoms with E-state index in [1.807, 2.05) is 0 Å². The van der Waals surface area contributed by atoms with E-state index < -0.39 is 18.3 Å². The van der Waals surface area contributed by atoms with Gasteiger partial charge in [-0.3, -0.25) is 4.90 Å². The molecule has 2 nitrogen and oxygen atoms in total. The quantitative estimate of drug-likeness (QED) is 0.752. The van der Waals surface area contributed by atoms with Gasteiger partial charge in [0.15, 0.2) is 0 Å². The number of piperidine rings is 1. The van der Waals surface area contributed by atoms with E-state index in [1.165, 1.54) is 11.8 Å². The highest BCUT2D eigenvalue weighted by Gasteiger charge is 2.45. The maximum absolute atomic E-state index is 12.6. The Morgan fingerprint density at radius 3 is 2.00 bits per heavy atom. The summed E-state index contributed by atoms with van der Waals surface area (Å²) in [5, 5.41) is 0. The van der Waals surface area contributed by atoms with E-state index in [1.54, 1.807) is 0 Å². The van der Waals surface area contributed by atoms with Gasteiger partial charge in [0.25, 0.3) is 0 Å². The Balaban J connectivity index is 2.66. The van der Waals surface area contributed by atoms with Crippen LogP contribution in [0.5, 0.6) is 0 Å². The summed E-state index contributed by atoms with van der Waals surface area (Å²) in [6.07, 6.45) is -1.48. The number of halogens is 3. The molecule has 0 aromatic rings. The minimum atomic E-state index is -4.20. The molecule has 14 heavy (non-hydrogen) atoms. The molecule has 2 N–H and O–H groups in total. The van der Waals surface area contributed by atoms with Crippen LogP contribution in [0.15, 0.2) is 0 Å². The molecule has 0 amide bonds. The molecule has 1 aliphatic heterocycles. The van der Waals surface area contributed by atoms with Gasteiger partial charge < -0.3 is 5.73 Å². The molecule has 0 spiro atoms. The van der Waals surface area contributed by atoms with Crippen molar-refractivity contribution in [1.82, 2.24) is 4.90 Å². The van der Waals surface area contributed by atoms with E-state index >= 15 is 0 Å². The predicted octanol–water partition coefficient (Wildman–Crippen LogP) is 1.75. The molecular weight excluding hydrogens is 193 g/mol. The Bertz CT molecular complexity index is 173. The molecule has 2 atom stereocenters. The maximum Gasteiger partial charge on any atom is 0.405 e. The Labute approximate surface area is 82.2 Å². The topological polar surface area (TPSA) is 29.3 Å². The summed E-state index contributed by atoms with van der Waals surface area (Å²) in [5.74, 6) is 0. The molecule has 0 aromatic carbocycles. The van der Waals surface area contributed by atoms with E-state index in [-0.39, 0.29) is 0 Å². The van der Waals surface area contributed by atoms with E-state index in [0.29, 0.717) is 13.1 Å². The van der Waals surface area contributed by atoms with Gasteiger partial charge >= 0.3 is 6.18 Å².